The number of piperazine rings is 1. The third kappa shape index (κ3) is 4.33. The number of hydrogen-bond donors (Lipinski definition) is 0. The molecule has 0 amide bonds. The highest BCUT2D eigenvalue weighted by molar-refractivity contribution is 5.85. The van der Waals surface area contributed by atoms with E-state index in [0.717, 1.165) is 57.4 Å². The van der Waals surface area contributed by atoms with Gasteiger partial charge in [-0.05, 0) is 44.9 Å². The molecular weight excluding hydrogens is 366 g/mol. The molecule has 0 N–H and O–H groups in total. The maximum atomic E-state index is 12.9. The lowest BCUT2D eigenvalue weighted by Crippen LogP contribution is -2.45. The van der Waals surface area contributed by atoms with Crippen molar-refractivity contribution in [1.82, 2.24) is 14.9 Å². The molecular formula is C22H27N5O2. The highest BCUT2D eigenvalue weighted by Crippen LogP contribution is 2.30. The molecule has 0 spiro atoms. The maximum absolute atomic E-state index is 12.9. The molecule has 0 bridgehead atoms. The Balaban J connectivity index is 1.68. The van der Waals surface area contributed by atoms with Crippen molar-refractivity contribution in [2.24, 2.45) is 0 Å². The highest BCUT2D eigenvalue weighted by Gasteiger charge is 2.32. The fourth-order valence-electron chi connectivity index (χ4n) is 4.09. The molecule has 1 aromatic heterocycles. The summed E-state index contributed by atoms with van der Waals surface area (Å²) < 4.78 is 5.71. The van der Waals surface area contributed by atoms with Crippen LogP contribution < -0.4 is 4.90 Å². The Kier molecular flexibility index (Phi) is 5.91. The molecule has 1 aliphatic carbocycles. The Hall–Kier alpha value is -2.72. The zero-order chi connectivity index (χ0) is 20.2. The van der Waals surface area contributed by atoms with E-state index in [0.29, 0.717) is 17.0 Å². The van der Waals surface area contributed by atoms with E-state index in [1.165, 1.54) is 6.42 Å². The number of carbonyl (C=O) groups is 1. The Morgan fingerprint density at radius 1 is 1.10 bits per heavy atom. The van der Waals surface area contributed by atoms with Gasteiger partial charge in [0.05, 0.1) is 17.1 Å². The predicted octanol–water partition coefficient (Wildman–Crippen LogP) is 2.86. The molecule has 1 atom stereocenters. The number of nitrogens with zero attached hydrogens (tertiary/aromatic N) is 5. The number of hydrogen-bond acceptors (Lipinski definition) is 7. The van der Waals surface area contributed by atoms with Gasteiger partial charge in [0.15, 0.2) is 11.7 Å². The summed E-state index contributed by atoms with van der Waals surface area (Å²) >= 11 is 0. The lowest BCUT2D eigenvalue weighted by Gasteiger charge is -2.34. The minimum Gasteiger partial charge on any atom is -0.461 e. The van der Waals surface area contributed by atoms with E-state index in [1.54, 1.807) is 0 Å². The van der Waals surface area contributed by atoms with E-state index in [-0.39, 0.29) is 6.10 Å². The Labute approximate surface area is 171 Å². The van der Waals surface area contributed by atoms with Crippen LogP contribution in [-0.2, 0) is 9.53 Å². The fraction of sp³-hybridized carbons (Fsp3) is 0.545. The van der Waals surface area contributed by atoms with Crippen molar-refractivity contribution < 1.29 is 9.53 Å². The number of nitriles is 1. The third-order valence-electron chi connectivity index (χ3n) is 5.85. The van der Waals surface area contributed by atoms with Gasteiger partial charge >= 0.3 is 5.97 Å². The van der Waals surface area contributed by atoms with Gasteiger partial charge in [0.1, 0.15) is 11.8 Å². The van der Waals surface area contributed by atoms with Crippen LogP contribution in [0, 0.1) is 11.3 Å². The first-order valence-corrected chi connectivity index (χ1v) is 10.5. The Morgan fingerprint density at radius 3 is 2.41 bits per heavy atom. The van der Waals surface area contributed by atoms with Crippen LogP contribution in [0.25, 0.3) is 11.0 Å². The number of para-hydroxylation sites is 2. The van der Waals surface area contributed by atoms with E-state index in [1.807, 2.05) is 24.3 Å². The summed E-state index contributed by atoms with van der Waals surface area (Å²) in [4.78, 5) is 26.8. The van der Waals surface area contributed by atoms with Crippen LogP contribution in [0.3, 0.4) is 0 Å². The summed E-state index contributed by atoms with van der Waals surface area (Å²) in [5.41, 5.74) is 1.87. The normalized spacial score (nSPS) is 19.7. The predicted molar refractivity (Wildman–Crippen MR) is 111 cm³/mol. The van der Waals surface area contributed by atoms with E-state index in [2.05, 4.69) is 22.9 Å². The average molecular weight is 393 g/mol. The third-order valence-corrected chi connectivity index (χ3v) is 5.85. The molecule has 2 heterocycles. The van der Waals surface area contributed by atoms with Crippen LogP contribution in [0.1, 0.15) is 43.7 Å². The van der Waals surface area contributed by atoms with E-state index < -0.39 is 11.9 Å². The molecule has 0 radical (unpaired) electrons. The first-order chi connectivity index (χ1) is 14.2. The van der Waals surface area contributed by atoms with E-state index in [4.69, 9.17) is 14.7 Å². The van der Waals surface area contributed by atoms with Gasteiger partial charge in [-0.15, -0.1) is 0 Å². The molecule has 1 aliphatic heterocycles. The molecule has 4 rings (SSSR count). The topological polar surface area (TPSA) is 82.4 Å². The summed E-state index contributed by atoms with van der Waals surface area (Å²) in [5.74, 6) is -0.938. The Morgan fingerprint density at radius 2 is 1.76 bits per heavy atom. The number of fused-ring (bicyclic) bond motifs is 1. The van der Waals surface area contributed by atoms with Crippen LogP contribution in [0.2, 0.25) is 0 Å². The summed E-state index contributed by atoms with van der Waals surface area (Å²) in [5, 5.41) is 9.87. The minimum atomic E-state index is -1.07. The zero-order valence-corrected chi connectivity index (χ0v) is 16.9. The molecule has 2 fully saturated rings. The number of rotatable bonds is 4. The number of likely N-dealkylation sites (N-methyl/N-ethyl adjacent to an activating group) is 1. The smallest absolute Gasteiger partial charge is 0.329 e. The number of aromatic nitrogens is 2. The van der Waals surface area contributed by atoms with Crippen LogP contribution >= 0.6 is 0 Å². The van der Waals surface area contributed by atoms with Crippen LogP contribution in [0.5, 0.6) is 0 Å². The minimum absolute atomic E-state index is 0.0902. The van der Waals surface area contributed by atoms with Gasteiger partial charge < -0.3 is 14.5 Å². The van der Waals surface area contributed by atoms with E-state index >= 15 is 0 Å². The molecule has 29 heavy (non-hydrogen) atoms. The lowest BCUT2D eigenvalue weighted by molar-refractivity contribution is -0.150. The number of carbonyl (C=O) groups excluding carboxylic acids is 1. The molecule has 7 heteroatoms. The van der Waals surface area contributed by atoms with Crippen molar-refractivity contribution in [2.45, 2.75) is 44.1 Å². The second kappa shape index (κ2) is 8.75. The summed E-state index contributed by atoms with van der Waals surface area (Å²) in [6.07, 6.45) is 4.97. The fourth-order valence-corrected chi connectivity index (χ4v) is 4.09. The average Bonchev–Trinajstić information content (AvgIpc) is 2.75. The standard InChI is InChI=1S/C22H27N5O2/c1-26-11-13-27(14-12-26)21-20(24-18-9-5-6-10-19(18)25-21)17(15-23)22(28)29-16-7-3-2-4-8-16/h5-6,9-10,16-17H,2-4,7-8,11-14H2,1H3/t17-/m0/s1. The summed E-state index contributed by atoms with van der Waals surface area (Å²) in [6.45, 7) is 3.37. The monoisotopic (exact) mass is 393 g/mol. The van der Waals surface area contributed by atoms with Gasteiger partial charge in [0, 0.05) is 26.2 Å². The number of anilines is 1. The Bertz CT molecular complexity index is 911. The zero-order valence-electron chi connectivity index (χ0n) is 16.9. The van der Waals surface area contributed by atoms with Crippen LogP contribution in [-0.4, -0.2) is 60.2 Å². The number of esters is 1. The van der Waals surface area contributed by atoms with Crippen molar-refractivity contribution >= 4 is 22.8 Å². The molecule has 1 saturated heterocycles. The summed E-state index contributed by atoms with van der Waals surface area (Å²) in [7, 11) is 2.09. The first kappa shape index (κ1) is 19.6. The van der Waals surface area contributed by atoms with Gasteiger partial charge in [-0.2, -0.15) is 5.26 Å². The molecule has 2 aliphatic rings. The van der Waals surface area contributed by atoms with Gasteiger partial charge in [-0.1, -0.05) is 18.6 Å². The molecule has 2 aromatic rings. The van der Waals surface area contributed by atoms with E-state index in [9.17, 15) is 10.1 Å². The number of ether oxygens (including phenoxy) is 1. The largest absolute Gasteiger partial charge is 0.461 e. The maximum Gasteiger partial charge on any atom is 0.329 e. The van der Waals surface area contributed by atoms with Crippen molar-refractivity contribution in [1.29, 1.82) is 5.26 Å². The molecule has 7 nitrogen and oxygen atoms in total. The second-order valence-corrected chi connectivity index (χ2v) is 7.97. The molecule has 0 unspecified atom stereocenters. The molecule has 1 aromatic carbocycles. The van der Waals surface area contributed by atoms with Crippen molar-refractivity contribution in [3.63, 3.8) is 0 Å². The van der Waals surface area contributed by atoms with Gasteiger partial charge in [-0.25, -0.2) is 9.97 Å². The highest BCUT2D eigenvalue weighted by atomic mass is 16.5. The van der Waals surface area contributed by atoms with Crippen LogP contribution in [0.15, 0.2) is 24.3 Å². The van der Waals surface area contributed by atoms with Gasteiger partial charge in [0.25, 0.3) is 0 Å². The van der Waals surface area contributed by atoms with Crippen molar-refractivity contribution in [3.05, 3.63) is 30.0 Å². The second-order valence-electron chi connectivity index (χ2n) is 7.97. The molecule has 1 saturated carbocycles. The molecule has 152 valence electrons. The van der Waals surface area contributed by atoms with Crippen LogP contribution in [0.4, 0.5) is 5.82 Å². The van der Waals surface area contributed by atoms with Crippen molar-refractivity contribution in [2.75, 3.05) is 38.1 Å². The lowest BCUT2D eigenvalue weighted by atomic mass is 9.97. The number of benzene rings is 1. The first-order valence-electron chi connectivity index (χ1n) is 10.5. The van der Waals surface area contributed by atoms with Crippen molar-refractivity contribution in [3.8, 4) is 6.07 Å². The SMILES string of the molecule is CN1CCN(c2nc3ccccc3nc2[C@H](C#N)C(=O)OC2CCCCC2)CC1. The quantitative estimate of drug-likeness (QED) is 0.739. The van der Waals surface area contributed by atoms with Gasteiger partial charge in [-0.3, -0.25) is 4.79 Å². The summed E-state index contributed by atoms with van der Waals surface area (Å²) in [6, 6.07) is 9.73. The van der Waals surface area contributed by atoms with Gasteiger partial charge in [0.2, 0.25) is 0 Å².